The number of rotatable bonds is 6. The van der Waals surface area contributed by atoms with Crippen LogP contribution < -0.4 is 21.2 Å². The maximum atomic E-state index is 13.2. The van der Waals surface area contributed by atoms with E-state index >= 15 is 0 Å². The fraction of sp³-hybridized carbons (Fsp3) is 0.125. The summed E-state index contributed by atoms with van der Waals surface area (Å²) in [5, 5.41) is 2.90. The van der Waals surface area contributed by atoms with Crippen molar-refractivity contribution in [3.05, 3.63) is 81.7 Å². The van der Waals surface area contributed by atoms with Gasteiger partial charge in [-0.3, -0.25) is 14.4 Å². The van der Waals surface area contributed by atoms with E-state index in [0.29, 0.717) is 11.0 Å². The Morgan fingerprint density at radius 2 is 1.81 bits per heavy atom. The van der Waals surface area contributed by atoms with Crippen molar-refractivity contribution in [3.8, 4) is 17.3 Å². The predicted octanol–water partition coefficient (Wildman–Crippen LogP) is 3.79. The van der Waals surface area contributed by atoms with E-state index in [2.05, 4.69) is 5.32 Å². The fourth-order valence-corrected chi connectivity index (χ4v) is 3.27. The van der Waals surface area contributed by atoms with Crippen LogP contribution in [0.5, 0.6) is 5.75 Å². The monoisotopic (exact) mass is 432 g/mol. The van der Waals surface area contributed by atoms with Crippen LogP contribution in [0.3, 0.4) is 0 Å². The van der Waals surface area contributed by atoms with Crippen LogP contribution in [-0.2, 0) is 4.79 Å². The van der Waals surface area contributed by atoms with Gasteiger partial charge in [0.15, 0.2) is 12.4 Å². The molecule has 0 fully saturated rings. The number of carbonyl (C=O) groups is 2. The van der Waals surface area contributed by atoms with Crippen LogP contribution in [-0.4, -0.2) is 18.4 Å². The molecule has 2 aromatic carbocycles. The number of hydrogen-bond donors (Lipinski definition) is 2. The van der Waals surface area contributed by atoms with Gasteiger partial charge in [-0.1, -0.05) is 12.1 Å². The molecule has 0 spiro atoms. The maximum Gasteiger partial charge on any atom is 0.262 e. The summed E-state index contributed by atoms with van der Waals surface area (Å²) in [6, 6.07) is 13.1. The Hall–Kier alpha value is -4.33. The maximum absolute atomic E-state index is 13.2. The van der Waals surface area contributed by atoms with E-state index in [1.165, 1.54) is 12.3 Å². The van der Waals surface area contributed by atoms with E-state index in [0.717, 1.165) is 11.1 Å². The fourth-order valence-electron chi connectivity index (χ4n) is 3.27. The zero-order valence-electron chi connectivity index (χ0n) is 17.4. The summed E-state index contributed by atoms with van der Waals surface area (Å²) in [6.07, 6.45) is 1.44. The van der Waals surface area contributed by atoms with Gasteiger partial charge in [-0.05, 0) is 61.4 Å². The highest BCUT2D eigenvalue weighted by molar-refractivity contribution is 6.03. The average molecular weight is 432 g/mol. The van der Waals surface area contributed by atoms with Crippen molar-refractivity contribution in [3.63, 3.8) is 0 Å². The molecular weight excluding hydrogens is 412 g/mol. The van der Waals surface area contributed by atoms with Gasteiger partial charge in [-0.2, -0.15) is 0 Å². The third-order valence-corrected chi connectivity index (χ3v) is 5.02. The lowest BCUT2D eigenvalue weighted by Crippen LogP contribution is -2.24. The molecule has 0 bridgehead atoms. The molecule has 0 aliphatic carbocycles. The van der Waals surface area contributed by atoms with Gasteiger partial charge >= 0.3 is 0 Å². The van der Waals surface area contributed by atoms with Crippen molar-refractivity contribution in [2.45, 2.75) is 13.8 Å². The Kier molecular flexibility index (Phi) is 5.51. The Bertz CT molecular complexity index is 1390. The number of benzene rings is 2. The van der Waals surface area contributed by atoms with Crippen LogP contribution in [0.4, 0.5) is 5.69 Å². The van der Waals surface area contributed by atoms with Gasteiger partial charge in [0.2, 0.25) is 16.9 Å². The molecular formula is C24H20N2O6. The number of amides is 2. The topological polar surface area (TPSA) is 125 Å². The normalized spacial score (nSPS) is 10.8. The van der Waals surface area contributed by atoms with Gasteiger partial charge < -0.3 is 24.6 Å². The summed E-state index contributed by atoms with van der Waals surface area (Å²) in [6.45, 7) is 3.31. The first-order chi connectivity index (χ1) is 15.3. The molecule has 0 unspecified atom stereocenters. The summed E-state index contributed by atoms with van der Waals surface area (Å²) in [5.41, 5.74) is 7.59. The molecule has 32 heavy (non-hydrogen) atoms. The van der Waals surface area contributed by atoms with Crippen LogP contribution in [0.1, 0.15) is 21.5 Å². The highest BCUT2D eigenvalue weighted by atomic mass is 16.5. The van der Waals surface area contributed by atoms with Gasteiger partial charge in [-0.15, -0.1) is 0 Å². The first kappa shape index (κ1) is 20.9. The van der Waals surface area contributed by atoms with Crippen molar-refractivity contribution >= 4 is 28.5 Å². The first-order valence-corrected chi connectivity index (χ1v) is 9.78. The van der Waals surface area contributed by atoms with Crippen LogP contribution >= 0.6 is 0 Å². The van der Waals surface area contributed by atoms with Crippen molar-refractivity contribution < 1.29 is 23.2 Å². The molecule has 4 aromatic rings. The minimum atomic E-state index is -0.678. The molecule has 8 nitrogen and oxygen atoms in total. The number of aryl methyl sites for hydroxylation is 2. The molecule has 0 aliphatic rings. The number of furan rings is 1. The summed E-state index contributed by atoms with van der Waals surface area (Å²) in [5.74, 6) is -1.03. The lowest BCUT2D eigenvalue weighted by molar-refractivity contribution is -0.118. The zero-order chi connectivity index (χ0) is 22.8. The molecule has 3 N–H and O–H groups in total. The number of hydrogen-bond acceptors (Lipinski definition) is 6. The first-order valence-electron chi connectivity index (χ1n) is 9.78. The molecule has 0 saturated carbocycles. The van der Waals surface area contributed by atoms with Gasteiger partial charge in [0.1, 0.15) is 5.58 Å². The quantitative estimate of drug-likeness (QED) is 0.478. The van der Waals surface area contributed by atoms with E-state index in [4.69, 9.17) is 19.3 Å². The largest absolute Gasteiger partial charge is 0.476 e. The molecule has 0 aliphatic heterocycles. The van der Waals surface area contributed by atoms with Crippen LogP contribution in [0.25, 0.3) is 22.5 Å². The minimum absolute atomic E-state index is 0.0843. The second-order valence-electron chi connectivity index (χ2n) is 7.25. The molecule has 8 heteroatoms. The summed E-state index contributed by atoms with van der Waals surface area (Å²) >= 11 is 0. The smallest absolute Gasteiger partial charge is 0.262 e. The third kappa shape index (κ3) is 3.98. The highest BCUT2D eigenvalue weighted by Gasteiger charge is 2.21. The number of nitrogens with two attached hydrogens (primary N) is 1. The Morgan fingerprint density at radius 1 is 1.06 bits per heavy atom. The van der Waals surface area contributed by atoms with E-state index in [1.807, 2.05) is 13.8 Å². The Balaban J connectivity index is 1.68. The molecule has 4 rings (SSSR count). The van der Waals surface area contributed by atoms with E-state index < -0.39 is 23.9 Å². The SMILES string of the molecule is Cc1cc2oc(-c3ccco3)c(OCC(=O)Nc3ccccc3C(N)=O)c(=O)c2cc1C. The number of primary amides is 1. The number of nitrogens with one attached hydrogen (secondary N) is 1. The lowest BCUT2D eigenvalue weighted by atomic mass is 10.1. The van der Waals surface area contributed by atoms with Crippen molar-refractivity contribution in [1.82, 2.24) is 0 Å². The Morgan fingerprint density at radius 3 is 2.53 bits per heavy atom. The Labute approximate surface area is 182 Å². The second kappa shape index (κ2) is 8.43. The minimum Gasteiger partial charge on any atom is -0.476 e. The van der Waals surface area contributed by atoms with Crippen LogP contribution in [0, 0.1) is 13.8 Å². The summed E-state index contributed by atoms with van der Waals surface area (Å²) in [7, 11) is 0. The molecule has 0 saturated heterocycles. The van der Waals surface area contributed by atoms with Gasteiger partial charge in [0.05, 0.1) is 22.9 Å². The van der Waals surface area contributed by atoms with Crippen molar-refractivity contribution in [2.24, 2.45) is 5.73 Å². The number of carbonyl (C=O) groups excluding carboxylic acids is 2. The van der Waals surface area contributed by atoms with Gasteiger partial charge in [0.25, 0.3) is 11.8 Å². The van der Waals surface area contributed by atoms with Crippen LogP contribution in [0.15, 0.2) is 68.4 Å². The number of ether oxygens (including phenoxy) is 1. The third-order valence-electron chi connectivity index (χ3n) is 5.02. The van der Waals surface area contributed by atoms with E-state index in [-0.39, 0.29) is 28.5 Å². The molecule has 162 valence electrons. The predicted molar refractivity (Wildman–Crippen MR) is 119 cm³/mol. The number of anilines is 1. The van der Waals surface area contributed by atoms with Crippen LogP contribution in [0.2, 0.25) is 0 Å². The molecule has 2 heterocycles. The second-order valence-corrected chi connectivity index (χ2v) is 7.25. The zero-order valence-corrected chi connectivity index (χ0v) is 17.4. The summed E-state index contributed by atoms with van der Waals surface area (Å²) < 4.78 is 17.0. The van der Waals surface area contributed by atoms with E-state index in [9.17, 15) is 14.4 Å². The van der Waals surface area contributed by atoms with Gasteiger partial charge in [0, 0.05) is 0 Å². The lowest BCUT2D eigenvalue weighted by Gasteiger charge is -2.12. The molecule has 0 radical (unpaired) electrons. The molecule has 2 amide bonds. The van der Waals surface area contributed by atoms with Crippen molar-refractivity contribution in [2.75, 3.05) is 11.9 Å². The number of para-hydroxylation sites is 1. The summed E-state index contributed by atoms with van der Waals surface area (Å²) in [4.78, 5) is 37.2. The average Bonchev–Trinajstić information content (AvgIpc) is 3.29. The number of fused-ring (bicyclic) bond motifs is 1. The molecule has 0 atom stereocenters. The standard InChI is InChI=1S/C24H20N2O6/c1-13-10-16-19(11-14(13)2)32-22(18-8-5-9-30-18)23(21(16)28)31-12-20(27)26-17-7-4-3-6-15(17)24(25)29/h3-11H,12H2,1-2H3,(H2,25,29)(H,26,27). The van der Waals surface area contributed by atoms with E-state index in [1.54, 1.807) is 42.5 Å². The molecule has 2 aromatic heterocycles. The van der Waals surface area contributed by atoms with Gasteiger partial charge in [-0.25, -0.2) is 0 Å². The highest BCUT2D eigenvalue weighted by Crippen LogP contribution is 2.32. The van der Waals surface area contributed by atoms with Crippen molar-refractivity contribution in [1.29, 1.82) is 0 Å².